The van der Waals surface area contributed by atoms with Crippen molar-refractivity contribution in [1.82, 2.24) is 9.80 Å². The molecule has 2 aromatic carbocycles. The Labute approximate surface area is 228 Å². The minimum Gasteiger partial charge on any atom is -0.493 e. The Bertz CT molecular complexity index is 1150. The number of unbranched alkanes of at least 4 members (excludes halogenated alkanes) is 3. The van der Waals surface area contributed by atoms with Gasteiger partial charge in [0.1, 0.15) is 6.10 Å². The van der Waals surface area contributed by atoms with Crippen molar-refractivity contribution >= 4 is 0 Å². The normalized spacial score (nSPS) is 31.1. The molecule has 1 saturated heterocycles. The van der Waals surface area contributed by atoms with Crippen molar-refractivity contribution in [2.45, 2.75) is 87.0 Å². The number of aliphatic hydroxyl groups is 1. The molecule has 38 heavy (non-hydrogen) atoms. The molecular weight excluding hydrogens is 472 g/mol. The first-order valence-corrected chi connectivity index (χ1v) is 14.7. The van der Waals surface area contributed by atoms with E-state index in [1.807, 2.05) is 6.08 Å². The van der Waals surface area contributed by atoms with E-state index in [1.54, 1.807) is 7.11 Å². The minimum atomic E-state index is -0.793. The summed E-state index contributed by atoms with van der Waals surface area (Å²) in [6.45, 7) is 6.86. The fraction of sp³-hybridized carbons (Fsp3) is 0.576. The third-order valence-electron chi connectivity index (χ3n) is 10.2. The zero-order valence-corrected chi connectivity index (χ0v) is 23.2. The maximum absolute atomic E-state index is 12.6. The van der Waals surface area contributed by atoms with Gasteiger partial charge in [-0.15, -0.1) is 6.58 Å². The van der Waals surface area contributed by atoms with Crippen LogP contribution in [0.2, 0.25) is 0 Å². The zero-order valence-electron chi connectivity index (χ0n) is 23.2. The van der Waals surface area contributed by atoms with Crippen molar-refractivity contribution in [2.24, 2.45) is 0 Å². The molecule has 5 nitrogen and oxygen atoms in total. The van der Waals surface area contributed by atoms with Crippen LogP contribution in [-0.2, 0) is 18.3 Å². The molecule has 1 spiro atoms. The first-order chi connectivity index (χ1) is 18.5. The molecule has 2 unspecified atom stereocenters. The third-order valence-corrected chi connectivity index (χ3v) is 10.2. The molecule has 5 atom stereocenters. The number of methoxy groups -OCH3 is 1. The van der Waals surface area contributed by atoms with E-state index in [2.05, 4.69) is 65.9 Å². The summed E-state index contributed by atoms with van der Waals surface area (Å²) in [4.78, 5) is 4.99. The number of rotatable bonds is 11. The molecule has 2 aliphatic carbocycles. The van der Waals surface area contributed by atoms with E-state index < -0.39 is 5.60 Å². The van der Waals surface area contributed by atoms with E-state index in [0.717, 1.165) is 56.8 Å². The van der Waals surface area contributed by atoms with Gasteiger partial charge in [-0.05, 0) is 82.3 Å². The van der Waals surface area contributed by atoms with Crippen LogP contribution in [0.4, 0.5) is 0 Å². The van der Waals surface area contributed by atoms with E-state index in [4.69, 9.17) is 9.47 Å². The van der Waals surface area contributed by atoms with E-state index in [9.17, 15) is 5.11 Å². The molecule has 204 valence electrons. The Hall–Kier alpha value is -2.34. The number of aryl methyl sites for hydroxylation is 1. The Morgan fingerprint density at radius 1 is 1.13 bits per heavy atom. The second-order valence-electron chi connectivity index (χ2n) is 12.1. The van der Waals surface area contributed by atoms with Gasteiger partial charge in [-0.1, -0.05) is 55.3 Å². The van der Waals surface area contributed by atoms with Crippen LogP contribution in [0.3, 0.4) is 0 Å². The van der Waals surface area contributed by atoms with Gasteiger partial charge in [0.2, 0.25) is 0 Å². The first-order valence-electron chi connectivity index (χ1n) is 14.7. The average Bonchev–Trinajstić information content (AvgIpc) is 3.28. The minimum absolute atomic E-state index is 0.0527. The molecule has 0 aromatic heterocycles. The monoisotopic (exact) mass is 516 g/mol. The molecule has 1 N–H and O–H groups in total. The molecular formula is C33H44N2O3. The van der Waals surface area contributed by atoms with Crippen molar-refractivity contribution in [3.05, 3.63) is 71.8 Å². The van der Waals surface area contributed by atoms with Crippen molar-refractivity contribution in [1.29, 1.82) is 0 Å². The van der Waals surface area contributed by atoms with Crippen LogP contribution < -0.4 is 9.47 Å². The molecule has 2 heterocycles. The summed E-state index contributed by atoms with van der Waals surface area (Å²) in [5, 5.41) is 12.6. The average molecular weight is 517 g/mol. The summed E-state index contributed by atoms with van der Waals surface area (Å²) >= 11 is 0. The number of ether oxygens (including phenoxy) is 2. The number of piperidine rings is 1. The highest BCUT2D eigenvalue weighted by atomic mass is 16.5. The van der Waals surface area contributed by atoms with Crippen molar-refractivity contribution in [3.8, 4) is 11.5 Å². The van der Waals surface area contributed by atoms with E-state index in [-0.39, 0.29) is 23.6 Å². The lowest BCUT2D eigenvalue weighted by molar-refractivity contribution is -0.197. The molecule has 1 saturated carbocycles. The predicted octanol–water partition coefficient (Wildman–Crippen LogP) is 5.14. The van der Waals surface area contributed by atoms with Gasteiger partial charge >= 0.3 is 0 Å². The molecule has 0 radical (unpaired) electrons. The number of nitrogens with zero attached hydrogens (tertiary/aromatic N) is 2. The van der Waals surface area contributed by atoms with Crippen molar-refractivity contribution < 1.29 is 14.6 Å². The van der Waals surface area contributed by atoms with Crippen molar-refractivity contribution in [2.75, 3.05) is 33.8 Å². The summed E-state index contributed by atoms with van der Waals surface area (Å²) in [6.07, 6.45) is 11.6. The van der Waals surface area contributed by atoms with Crippen LogP contribution in [-0.4, -0.2) is 72.5 Å². The second-order valence-corrected chi connectivity index (χ2v) is 12.1. The van der Waals surface area contributed by atoms with Gasteiger partial charge in [0.05, 0.1) is 18.1 Å². The van der Waals surface area contributed by atoms with Crippen LogP contribution in [0.15, 0.2) is 55.1 Å². The van der Waals surface area contributed by atoms with Gasteiger partial charge in [-0.3, -0.25) is 9.80 Å². The molecule has 2 fully saturated rings. The van der Waals surface area contributed by atoms with E-state index in [0.29, 0.717) is 0 Å². The van der Waals surface area contributed by atoms with Gasteiger partial charge in [-0.25, -0.2) is 0 Å². The quantitative estimate of drug-likeness (QED) is 0.331. The zero-order chi connectivity index (χ0) is 26.3. The fourth-order valence-corrected chi connectivity index (χ4v) is 8.45. The standard InChI is InChI=1S/C33H44N2O3/c1-4-20-35-22-19-32-29-25-15-16-27(37-3)30(29)38-31(32)26(17-18-33(32,36)28(35)23-25)34(2)21-11-6-5-8-12-24-13-9-7-10-14-24/h4,7,9-10,13-16,26,28,31,36H,1,5-6,8,11-12,17-23H2,2-3H3/t26?,28-,31?,32+,33-/m1/s1. The number of likely N-dealkylation sites (tertiary alicyclic amines) is 1. The fourth-order valence-electron chi connectivity index (χ4n) is 8.45. The SMILES string of the molecule is C=CCN1CC[C@]23c4c5ccc(OC)c4OC2C(N(C)CCCCCCc2ccccc2)CC[C@@]3(O)[C@H]1C5. The maximum atomic E-state index is 12.6. The van der Waals surface area contributed by atoms with Gasteiger partial charge in [0.15, 0.2) is 11.5 Å². The molecule has 5 heteroatoms. The van der Waals surface area contributed by atoms with Crippen molar-refractivity contribution in [3.63, 3.8) is 0 Å². The predicted molar refractivity (Wildman–Crippen MR) is 152 cm³/mol. The summed E-state index contributed by atoms with van der Waals surface area (Å²) in [6, 6.07) is 15.5. The molecule has 4 aliphatic rings. The number of hydrogen-bond acceptors (Lipinski definition) is 5. The highest BCUT2D eigenvalue weighted by Gasteiger charge is 2.73. The lowest BCUT2D eigenvalue weighted by Crippen LogP contribution is -2.78. The topological polar surface area (TPSA) is 45.2 Å². The Balaban J connectivity index is 1.19. The van der Waals surface area contributed by atoms with E-state index in [1.165, 1.54) is 48.8 Å². The molecule has 0 amide bonds. The highest BCUT2D eigenvalue weighted by molar-refractivity contribution is 5.63. The largest absolute Gasteiger partial charge is 0.493 e. The number of benzene rings is 2. The number of hydrogen-bond donors (Lipinski definition) is 1. The van der Waals surface area contributed by atoms with Crippen LogP contribution >= 0.6 is 0 Å². The number of likely N-dealkylation sites (N-methyl/N-ethyl adjacent to an activating group) is 1. The summed E-state index contributed by atoms with van der Waals surface area (Å²) in [7, 11) is 4.00. The Morgan fingerprint density at radius 3 is 2.74 bits per heavy atom. The molecule has 2 bridgehead atoms. The van der Waals surface area contributed by atoms with Crippen LogP contribution in [0.1, 0.15) is 61.6 Å². The molecule has 2 aromatic rings. The third kappa shape index (κ3) is 3.92. The summed E-state index contributed by atoms with van der Waals surface area (Å²) in [5.74, 6) is 1.70. The van der Waals surface area contributed by atoms with Gasteiger partial charge in [-0.2, -0.15) is 0 Å². The smallest absolute Gasteiger partial charge is 0.165 e. The van der Waals surface area contributed by atoms with Gasteiger partial charge in [0.25, 0.3) is 0 Å². The summed E-state index contributed by atoms with van der Waals surface area (Å²) in [5.41, 5.74) is 2.85. The summed E-state index contributed by atoms with van der Waals surface area (Å²) < 4.78 is 12.7. The van der Waals surface area contributed by atoms with Crippen LogP contribution in [0.25, 0.3) is 0 Å². The Kier molecular flexibility index (Phi) is 7.04. The molecule has 2 aliphatic heterocycles. The van der Waals surface area contributed by atoms with Crippen LogP contribution in [0, 0.1) is 0 Å². The lowest BCUT2D eigenvalue weighted by Gasteiger charge is -2.64. The first kappa shape index (κ1) is 25.9. The maximum Gasteiger partial charge on any atom is 0.165 e. The molecule has 6 rings (SSSR count). The second kappa shape index (κ2) is 10.3. The highest BCUT2D eigenvalue weighted by Crippen LogP contribution is 2.65. The van der Waals surface area contributed by atoms with E-state index >= 15 is 0 Å². The van der Waals surface area contributed by atoms with Gasteiger partial charge in [0, 0.05) is 24.2 Å². The van der Waals surface area contributed by atoms with Gasteiger partial charge < -0.3 is 14.6 Å². The Morgan fingerprint density at radius 2 is 1.95 bits per heavy atom. The lowest BCUT2D eigenvalue weighted by atomic mass is 9.48. The van der Waals surface area contributed by atoms with Crippen LogP contribution in [0.5, 0.6) is 11.5 Å².